The number of rotatable bonds is 8. The molecule has 0 saturated carbocycles. The Labute approximate surface area is 267 Å². The molecule has 0 nitrogen and oxygen atoms in total. The van der Waals surface area contributed by atoms with Crippen LogP contribution in [0.2, 0.25) is 18.2 Å². The molecule has 6 rings (SSSR count). The second-order valence-corrected chi connectivity index (χ2v) is 72.3. The van der Waals surface area contributed by atoms with Gasteiger partial charge in [0.05, 0.1) is 0 Å². The topological polar surface area (TPSA) is 0 Å². The quantitative estimate of drug-likeness (QED) is 0.157. The Morgan fingerprint density at radius 2 is 0.978 bits per heavy atom. The zero-order valence-corrected chi connectivity index (χ0v) is 32.8. The first-order valence-electron chi connectivity index (χ1n) is 17.4. The molecule has 0 heterocycles. The monoisotopic (exact) mass is 762 g/mol. The molecule has 0 fully saturated rings. The van der Waals surface area contributed by atoms with Crippen LogP contribution >= 0.6 is 0 Å². The van der Waals surface area contributed by atoms with E-state index in [2.05, 4.69) is 165 Å². The van der Waals surface area contributed by atoms with Crippen molar-refractivity contribution in [3.8, 4) is 22.3 Å². The number of benzene rings is 4. The first-order valence-corrected chi connectivity index (χ1v) is 37.4. The standard InChI is InChI=1S/2C18H17.C4H9.3CH3.CH2.Hf/c2*1-13(2)15-8-3-9-16(12-15)18-11-5-7-14-6-4-10-17(14)18;1-4(2)3;;;;;/h2*3-13H,1-2H3;4H,1H2,2-3H3;3*1H3;1H2;. The van der Waals surface area contributed by atoms with Gasteiger partial charge in [-0.3, -0.25) is 0 Å². The predicted molar refractivity (Wildman–Crippen MR) is 200 cm³/mol. The van der Waals surface area contributed by atoms with Crippen molar-refractivity contribution in [3.05, 3.63) is 130 Å². The summed E-state index contributed by atoms with van der Waals surface area (Å²) in [4.78, 5) is 0. The van der Waals surface area contributed by atoms with Crippen molar-refractivity contribution in [3.63, 3.8) is 0 Å². The fourth-order valence-corrected chi connectivity index (χ4v) is 48.3. The van der Waals surface area contributed by atoms with Crippen LogP contribution in [0.4, 0.5) is 0 Å². The van der Waals surface area contributed by atoms with Crippen molar-refractivity contribution >= 4 is 16.4 Å². The van der Waals surface area contributed by atoms with E-state index >= 15 is 0 Å². The van der Waals surface area contributed by atoms with Crippen LogP contribution in [0, 0.1) is 5.92 Å². The van der Waals surface area contributed by atoms with Gasteiger partial charge >= 0.3 is 269 Å². The van der Waals surface area contributed by atoms with E-state index in [1.807, 2.05) is 0 Å². The van der Waals surface area contributed by atoms with Crippen LogP contribution in [0.5, 0.6) is 0 Å². The average Bonchev–Trinajstić information content (AvgIpc) is 3.63. The molecule has 1 heteroatoms. The van der Waals surface area contributed by atoms with Gasteiger partial charge in [0, 0.05) is 0 Å². The molecular weight excluding hydrogens is 707 g/mol. The van der Waals surface area contributed by atoms with Crippen molar-refractivity contribution < 1.29 is 15.1 Å². The second-order valence-electron chi connectivity index (χ2n) is 19.0. The molecule has 234 valence electrons. The number of hydrogen-bond donors (Lipinski definition) is 0. The molecule has 2 atom stereocenters. The molecule has 2 aliphatic rings. The van der Waals surface area contributed by atoms with Crippen LogP contribution in [0.25, 0.3) is 34.4 Å². The Morgan fingerprint density at radius 3 is 1.36 bits per heavy atom. The van der Waals surface area contributed by atoms with Crippen molar-refractivity contribution in [1.29, 1.82) is 0 Å². The van der Waals surface area contributed by atoms with Crippen LogP contribution in [-0.2, 0) is 15.1 Å². The van der Waals surface area contributed by atoms with Gasteiger partial charge in [-0.1, -0.05) is 0 Å². The van der Waals surface area contributed by atoms with E-state index in [9.17, 15) is 0 Å². The van der Waals surface area contributed by atoms with Gasteiger partial charge in [-0.2, -0.15) is 0 Å². The van der Waals surface area contributed by atoms with Crippen LogP contribution in [0.15, 0.2) is 97.1 Å². The van der Waals surface area contributed by atoms with E-state index < -0.39 is 15.1 Å². The Balaban J connectivity index is 1.55. The molecule has 0 N–H and O–H groups in total. The molecule has 2 unspecified atom stereocenters. The second kappa shape index (κ2) is 9.80. The number of hydrogen-bond acceptors (Lipinski definition) is 0. The van der Waals surface area contributed by atoms with E-state index in [1.165, 1.54) is 55.6 Å². The zero-order valence-electron chi connectivity index (χ0n) is 29.2. The van der Waals surface area contributed by atoms with Gasteiger partial charge in [0.25, 0.3) is 0 Å². The molecule has 0 radical (unpaired) electrons. The SMILES string of the molecule is [CH2]=[Hf]([CH3])([CH3])([CH3])([CH2]C(C)C)([CH]1C=Cc2c(-c3cccc(C(C)C)c3)cccc21)[CH]1C=Cc2c(-c3cccc(C(C)C)c3)cccc21. The molecule has 0 saturated heterocycles. The van der Waals surface area contributed by atoms with E-state index in [4.69, 9.17) is 4.26 Å². The van der Waals surface area contributed by atoms with Crippen molar-refractivity contribution in [2.24, 2.45) is 5.92 Å². The van der Waals surface area contributed by atoms with Crippen LogP contribution in [0.3, 0.4) is 0 Å². The molecule has 45 heavy (non-hydrogen) atoms. The molecule has 4 aromatic carbocycles. The number of allylic oxidation sites excluding steroid dienone is 2. The van der Waals surface area contributed by atoms with Crippen molar-refractivity contribution in [1.82, 2.24) is 0 Å². The van der Waals surface area contributed by atoms with Gasteiger partial charge in [0.2, 0.25) is 0 Å². The van der Waals surface area contributed by atoms with E-state index in [1.54, 1.807) is 0 Å². The molecule has 0 bridgehead atoms. The van der Waals surface area contributed by atoms with Gasteiger partial charge in [-0.05, 0) is 0 Å². The molecule has 0 aromatic heterocycles. The third kappa shape index (κ3) is 5.09. The van der Waals surface area contributed by atoms with Gasteiger partial charge in [0.15, 0.2) is 0 Å². The zero-order chi connectivity index (χ0) is 32.5. The summed E-state index contributed by atoms with van der Waals surface area (Å²) >= 11 is -5.26. The minimum absolute atomic E-state index is 0.286. The van der Waals surface area contributed by atoms with Crippen LogP contribution in [-0.4, -0.2) is 4.26 Å². The Hall–Kier alpha value is -2.90. The Kier molecular flexibility index (Phi) is 6.98. The average molecular weight is 761 g/mol. The minimum atomic E-state index is -5.26. The third-order valence-corrected chi connectivity index (χ3v) is 48.1. The predicted octanol–water partition coefficient (Wildman–Crippen LogP) is 13.5. The molecule has 0 aliphatic heterocycles. The van der Waals surface area contributed by atoms with Crippen molar-refractivity contribution in [2.75, 3.05) is 0 Å². The maximum atomic E-state index is 5.74. The summed E-state index contributed by atoms with van der Waals surface area (Å²) in [6.07, 6.45) is 10.0. The molecule has 2 aliphatic carbocycles. The van der Waals surface area contributed by atoms with Crippen LogP contribution < -0.4 is 0 Å². The molecular formula is C44H54Hf. The van der Waals surface area contributed by atoms with E-state index in [-0.39, 0.29) is 7.35 Å². The summed E-state index contributed by atoms with van der Waals surface area (Å²) in [5, 5.41) is 0. The van der Waals surface area contributed by atoms with Gasteiger partial charge in [-0.25, -0.2) is 0 Å². The van der Waals surface area contributed by atoms with E-state index in [0.717, 1.165) is 4.18 Å². The Morgan fingerprint density at radius 1 is 0.578 bits per heavy atom. The summed E-state index contributed by atoms with van der Waals surface area (Å²) in [7, 11) is 0. The summed E-state index contributed by atoms with van der Waals surface area (Å²) in [6.45, 7) is 14.0. The third-order valence-electron chi connectivity index (χ3n) is 12.1. The normalized spacial score (nSPS) is 19.8. The Bertz CT molecular complexity index is 1870. The fourth-order valence-electron chi connectivity index (χ4n) is 10.3. The first-order chi connectivity index (χ1) is 21.0. The number of fused-ring (bicyclic) bond motifs is 2. The van der Waals surface area contributed by atoms with Crippen molar-refractivity contribution in [2.45, 2.75) is 78.9 Å². The first kappa shape index (κ1) is 32.1. The summed E-state index contributed by atoms with van der Waals surface area (Å²) in [5.74, 6) is 1.53. The fraction of sp³-hybridized carbons (Fsp3) is 0.341. The molecule has 4 aromatic rings. The summed E-state index contributed by atoms with van der Waals surface area (Å²) < 4.78 is 15.6. The van der Waals surface area contributed by atoms with Gasteiger partial charge in [-0.15, -0.1) is 0 Å². The van der Waals surface area contributed by atoms with Gasteiger partial charge in [0.1, 0.15) is 0 Å². The van der Waals surface area contributed by atoms with Gasteiger partial charge < -0.3 is 0 Å². The van der Waals surface area contributed by atoms with E-state index in [0.29, 0.717) is 17.8 Å². The molecule has 0 amide bonds. The summed E-state index contributed by atoms with van der Waals surface area (Å²) in [5.41, 5.74) is 13.8. The van der Waals surface area contributed by atoms with Crippen LogP contribution in [0.1, 0.15) is 94.1 Å². The molecule has 0 spiro atoms. The maximum absolute atomic E-state index is 5.74. The summed E-state index contributed by atoms with van der Waals surface area (Å²) in [6, 6.07) is 32.4.